The van der Waals surface area contributed by atoms with Gasteiger partial charge in [0.2, 0.25) is 0 Å². The van der Waals surface area contributed by atoms with Crippen molar-refractivity contribution in [2.24, 2.45) is 11.5 Å². The molecular weight excluding hydrogens is 868 g/mol. The van der Waals surface area contributed by atoms with Gasteiger partial charge in [0.25, 0.3) is 0 Å². The molecule has 0 heterocycles. The van der Waals surface area contributed by atoms with E-state index >= 15 is 0 Å². The summed E-state index contributed by atoms with van der Waals surface area (Å²) in [7, 11) is -4.54. The van der Waals surface area contributed by atoms with Gasteiger partial charge in [-0.2, -0.15) is 0 Å². The smallest absolute Gasteiger partial charge is 0.472 e. The monoisotopic (exact) mass is 959 g/mol. The number of carboxylic acid groups (broad SMARTS) is 1. The molecule has 378 valence electrons. The maximum absolute atomic E-state index is 13.2. The molecule has 5 atom stereocenters. The van der Waals surface area contributed by atoms with E-state index < -0.39 is 62.4 Å². The number of ether oxygens (including phenoxy) is 2. The van der Waals surface area contributed by atoms with Gasteiger partial charge < -0.3 is 36.0 Å². The van der Waals surface area contributed by atoms with Gasteiger partial charge in [0.1, 0.15) is 12.6 Å². The van der Waals surface area contributed by atoms with Crippen LogP contribution < -0.4 is 11.5 Å². The van der Waals surface area contributed by atoms with Crippen molar-refractivity contribution >= 4 is 37.5 Å². The Hall–Kier alpha value is -2.29. The highest BCUT2D eigenvalue weighted by Crippen LogP contribution is 2.43. The van der Waals surface area contributed by atoms with Gasteiger partial charge in [0.05, 0.1) is 19.3 Å². The summed E-state index contributed by atoms with van der Waals surface area (Å²) in [6, 6.07) is -1.19. The highest BCUT2D eigenvalue weighted by Gasteiger charge is 2.28. The first kappa shape index (κ1) is 62.7. The number of hydrogen-bond donors (Lipinski definition) is 5. The molecule has 0 bridgehead atoms. The molecule has 65 heavy (non-hydrogen) atoms. The fraction of sp³-hybridized carbons (Fsp3) is 0.780. The second-order valence-corrected chi connectivity index (χ2v) is 19.6. The van der Waals surface area contributed by atoms with Crippen molar-refractivity contribution in [3.8, 4) is 0 Å². The molecule has 0 rings (SSSR count). The van der Waals surface area contributed by atoms with E-state index in [0.717, 1.165) is 32.1 Å². The molecule has 0 amide bonds. The van der Waals surface area contributed by atoms with E-state index in [0.29, 0.717) is 6.42 Å². The normalized spacial score (nSPS) is 14.9. The van der Waals surface area contributed by atoms with Crippen LogP contribution in [0.25, 0.3) is 0 Å². The number of thioether (sulfide) groups is 1. The van der Waals surface area contributed by atoms with Crippen LogP contribution in [0.15, 0.2) is 48.6 Å². The van der Waals surface area contributed by atoms with Crippen molar-refractivity contribution < 1.29 is 52.6 Å². The summed E-state index contributed by atoms with van der Waals surface area (Å²) in [5, 5.41) is 19.5. The minimum absolute atomic E-state index is 0.0168. The number of aliphatic hydroxyl groups excluding tert-OH is 1. The van der Waals surface area contributed by atoms with Gasteiger partial charge in [-0.1, -0.05) is 191 Å². The second-order valence-electron chi connectivity index (χ2n) is 16.9. The maximum Gasteiger partial charge on any atom is 0.472 e. The summed E-state index contributed by atoms with van der Waals surface area (Å²) >= 11 is 1.20. The minimum atomic E-state index is -4.54. The number of aliphatic hydroxyl groups is 1. The Balaban J connectivity index is 4.89. The van der Waals surface area contributed by atoms with Crippen molar-refractivity contribution in [2.45, 2.75) is 217 Å². The Labute approximate surface area is 398 Å². The van der Waals surface area contributed by atoms with Crippen LogP contribution in [-0.4, -0.2) is 88.6 Å². The van der Waals surface area contributed by atoms with Gasteiger partial charge in [0.15, 0.2) is 6.10 Å². The van der Waals surface area contributed by atoms with Crippen LogP contribution in [0.1, 0.15) is 194 Å². The number of carboxylic acids is 1. The van der Waals surface area contributed by atoms with Gasteiger partial charge in [-0.25, -0.2) is 4.57 Å². The number of rotatable bonds is 47. The molecule has 0 saturated heterocycles. The highest BCUT2D eigenvalue weighted by atomic mass is 32.2. The molecule has 0 aromatic heterocycles. The van der Waals surface area contributed by atoms with E-state index in [-0.39, 0.29) is 44.6 Å². The first-order valence-electron chi connectivity index (χ1n) is 25.1. The van der Waals surface area contributed by atoms with E-state index in [1.807, 2.05) is 24.3 Å². The topological polar surface area (TPSA) is 218 Å². The van der Waals surface area contributed by atoms with Crippen LogP contribution in [-0.2, 0) is 37.5 Å². The Morgan fingerprint density at radius 3 is 1.80 bits per heavy atom. The number of carbonyl (C=O) groups is 3. The Kier molecular flexibility index (Phi) is 43.9. The molecule has 0 aliphatic carbocycles. The number of allylic oxidation sites excluding steroid dienone is 7. The Bertz CT molecular complexity index is 1330. The molecule has 0 aromatic rings. The predicted molar refractivity (Wildman–Crippen MR) is 267 cm³/mol. The lowest BCUT2D eigenvalue weighted by Crippen LogP contribution is -2.40. The lowest BCUT2D eigenvalue weighted by Gasteiger charge is -2.23. The number of phosphoric ester groups is 1. The molecule has 7 N–H and O–H groups in total. The van der Waals surface area contributed by atoms with Gasteiger partial charge in [0, 0.05) is 30.4 Å². The fourth-order valence-electron chi connectivity index (χ4n) is 6.82. The minimum Gasteiger partial charge on any atom is -0.481 e. The van der Waals surface area contributed by atoms with Crippen LogP contribution in [0.4, 0.5) is 0 Å². The lowest BCUT2D eigenvalue weighted by molar-refractivity contribution is -0.161. The van der Waals surface area contributed by atoms with Crippen LogP contribution in [0.5, 0.6) is 0 Å². The summed E-state index contributed by atoms with van der Waals surface area (Å²) in [6.45, 7) is 3.14. The van der Waals surface area contributed by atoms with Gasteiger partial charge in [-0.05, 0) is 38.5 Å². The van der Waals surface area contributed by atoms with E-state index in [1.54, 1.807) is 12.2 Å². The zero-order valence-corrected chi connectivity index (χ0v) is 42.1. The molecule has 0 radical (unpaired) electrons. The zero-order valence-electron chi connectivity index (χ0n) is 40.4. The number of carbonyl (C=O) groups excluding carboxylic acids is 2. The van der Waals surface area contributed by atoms with Gasteiger partial charge in [-0.3, -0.25) is 23.4 Å². The molecule has 15 heteroatoms. The van der Waals surface area contributed by atoms with Crippen molar-refractivity contribution in [3.63, 3.8) is 0 Å². The second kappa shape index (κ2) is 45.5. The SMILES string of the molecule is CCCCC/C=C\C\C=C/C=C/C=C/[C@@H](SC[C@H](N)C(=O)O[C@H](COC(=O)CCCCCCCCCCCCCCCCCCCCC)COP(=O)(O)OCCN)[C@@H](O)CCCC(=O)O. The molecule has 0 fully saturated rings. The van der Waals surface area contributed by atoms with Crippen molar-refractivity contribution in [1.29, 1.82) is 0 Å². The maximum atomic E-state index is 13.2. The summed E-state index contributed by atoms with van der Waals surface area (Å²) in [5.41, 5.74) is 11.6. The van der Waals surface area contributed by atoms with Crippen molar-refractivity contribution in [2.75, 3.05) is 32.1 Å². The molecule has 0 saturated carbocycles. The van der Waals surface area contributed by atoms with Crippen LogP contribution >= 0.6 is 19.6 Å². The zero-order chi connectivity index (χ0) is 48.1. The fourth-order valence-corrected chi connectivity index (χ4v) is 8.72. The van der Waals surface area contributed by atoms with E-state index in [2.05, 4.69) is 26.0 Å². The highest BCUT2D eigenvalue weighted by molar-refractivity contribution is 8.00. The molecule has 0 aliphatic heterocycles. The average molecular weight is 959 g/mol. The molecular formula is C50H91N2O11PS. The first-order valence-corrected chi connectivity index (χ1v) is 27.6. The summed E-state index contributed by atoms with van der Waals surface area (Å²) in [6.07, 6.45) is 43.2. The lowest BCUT2D eigenvalue weighted by atomic mass is 10.0. The molecule has 0 aromatic carbocycles. The summed E-state index contributed by atoms with van der Waals surface area (Å²) < 4.78 is 33.0. The third-order valence-corrected chi connectivity index (χ3v) is 13.1. The molecule has 13 nitrogen and oxygen atoms in total. The number of esters is 2. The number of unbranched alkanes of at least 4 members (excludes halogenated alkanes) is 21. The predicted octanol–water partition coefficient (Wildman–Crippen LogP) is 11.6. The Morgan fingerprint density at radius 2 is 1.23 bits per heavy atom. The third-order valence-electron chi connectivity index (χ3n) is 10.7. The van der Waals surface area contributed by atoms with E-state index in [1.165, 1.54) is 127 Å². The molecule has 1 unspecified atom stereocenters. The first-order chi connectivity index (χ1) is 31.4. The summed E-state index contributed by atoms with van der Waals surface area (Å²) in [4.78, 5) is 46.9. The number of hydrogen-bond acceptors (Lipinski definition) is 12. The number of aliphatic carboxylic acids is 1. The average Bonchev–Trinajstić information content (AvgIpc) is 3.28. The quantitative estimate of drug-likeness (QED) is 0.0126. The number of nitrogens with two attached hydrogens (primary N) is 2. The van der Waals surface area contributed by atoms with Gasteiger partial charge >= 0.3 is 25.7 Å². The standard InChI is InChI=1S/C50H91N2O11PS/c1-3-5-7-9-11-13-15-17-18-19-20-21-22-23-25-27-29-31-33-38-49(56)60-41-44(42-62-64(58,59)61-40-39-51)63-50(57)45(52)43-65-47(46(53)35-34-37-48(54)55)36-32-30-28-26-24-16-14-12-10-8-6-4-2/h12,14,24,26,28,30,32,36,44-47,53H,3-11,13,15-23,25,27,29,31,33-35,37-43,51-52H2,1-2H3,(H,54,55)(H,58,59)/b14-12-,26-24-,30-28+,36-32+/t44-,45+,46+,47-/m1/s1. The third kappa shape index (κ3) is 42.8. The van der Waals surface area contributed by atoms with Crippen LogP contribution in [0, 0.1) is 0 Å². The van der Waals surface area contributed by atoms with Gasteiger partial charge in [-0.15, -0.1) is 11.8 Å². The molecule has 0 aliphatic rings. The summed E-state index contributed by atoms with van der Waals surface area (Å²) in [5.74, 6) is -2.30. The Morgan fingerprint density at radius 1 is 0.677 bits per heavy atom. The van der Waals surface area contributed by atoms with E-state index in [9.17, 15) is 28.9 Å². The van der Waals surface area contributed by atoms with Crippen LogP contribution in [0.3, 0.4) is 0 Å². The molecule has 0 spiro atoms. The van der Waals surface area contributed by atoms with E-state index in [4.69, 9.17) is 35.1 Å². The largest absolute Gasteiger partial charge is 0.481 e. The number of phosphoric acid groups is 1. The van der Waals surface area contributed by atoms with Crippen LogP contribution in [0.2, 0.25) is 0 Å². The van der Waals surface area contributed by atoms with Crippen molar-refractivity contribution in [1.82, 2.24) is 0 Å². The van der Waals surface area contributed by atoms with Crippen molar-refractivity contribution in [3.05, 3.63) is 48.6 Å².